The lowest BCUT2D eigenvalue weighted by Gasteiger charge is -2.22. The highest BCUT2D eigenvalue weighted by Crippen LogP contribution is 2.50. The van der Waals surface area contributed by atoms with Crippen LogP contribution in [0.4, 0.5) is 0 Å². The van der Waals surface area contributed by atoms with Gasteiger partial charge in [0, 0.05) is 43.7 Å². The standard InChI is InChI=1S/C53H34N2O/c1-53(2)46-24-10-9-17-37(46)38-26-25-33(29-47(38)53)34-20-11-21-41-42-22-12-23-43(52(42)56-51(34)41)44-27-31-13-3-4-14-32(31)28-45(44)48-30-54-49-39-18-7-5-15-35(39)36-16-6-8-19-40(36)50(49)55-48/h3-30H,1-2H3. The summed E-state index contributed by atoms with van der Waals surface area (Å²) in [5, 5.41) is 9.09. The maximum Gasteiger partial charge on any atom is 0.143 e. The first-order chi connectivity index (χ1) is 27.5. The second-order valence-electron chi connectivity index (χ2n) is 15.7. The molecule has 9 aromatic carbocycles. The fourth-order valence-electron chi connectivity index (χ4n) is 9.56. The van der Waals surface area contributed by atoms with E-state index in [1.54, 1.807) is 0 Å². The molecule has 0 bridgehead atoms. The summed E-state index contributed by atoms with van der Waals surface area (Å²) in [5.74, 6) is 0. The highest BCUT2D eigenvalue weighted by Gasteiger charge is 2.35. The SMILES string of the molecule is CC1(C)c2ccccc2-c2ccc(-c3cccc4c3oc3c(-c5cc6ccccc6cc5-c5cnc6c7ccccc7c7ccccc7c6n5)cccc34)cc21. The van der Waals surface area contributed by atoms with E-state index >= 15 is 0 Å². The zero-order valence-corrected chi connectivity index (χ0v) is 31.0. The molecule has 0 fully saturated rings. The van der Waals surface area contributed by atoms with Crippen LogP contribution >= 0.6 is 0 Å². The zero-order valence-electron chi connectivity index (χ0n) is 31.0. The molecule has 0 spiro atoms. The van der Waals surface area contributed by atoms with Gasteiger partial charge in [0.05, 0.1) is 22.9 Å². The number of aromatic nitrogens is 2. The maximum atomic E-state index is 7.10. The number of fused-ring (bicyclic) bond motifs is 13. The van der Waals surface area contributed by atoms with Crippen molar-refractivity contribution >= 4 is 65.3 Å². The van der Waals surface area contributed by atoms with Gasteiger partial charge in [-0.1, -0.05) is 159 Å². The molecule has 0 radical (unpaired) electrons. The van der Waals surface area contributed by atoms with Crippen molar-refractivity contribution in [2.75, 3.05) is 0 Å². The quantitative estimate of drug-likeness (QED) is 0.171. The molecule has 0 aliphatic heterocycles. The van der Waals surface area contributed by atoms with Crippen LogP contribution in [0.1, 0.15) is 25.0 Å². The molecular formula is C53H34N2O. The van der Waals surface area contributed by atoms with Crippen LogP contribution in [-0.4, -0.2) is 9.97 Å². The van der Waals surface area contributed by atoms with Crippen molar-refractivity contribution in [1.82, 2.24) is 9.97 Å². The monoisotopic (exact) mass is 714 g/mol. The lowest BCUT2D eigenvalue weighted by Crippen LogP contribution is -2.14. The van der Waals surface area contributed by atoms with E-state index in [0.717, 1.165) is 88.0 Å². The van der Waals surface area contributed by atoms with E-state index in [-0.39, 0.29) is 5.41 Å². The van der Waals surface area contributed by atoms with Gasteiger partial charge < -0.3 is 4.42 Å². The summed E-state index contributed by atoms with van der Waals surface area (Å²) in [4.78, 5) is 10.6. The number of para-hydroxylation sites is 2. The van der Waals surface area contributed by atoms with Crippen LogP contribution in [0.15, 0.2) is 174 Å². The van der Waals surface area contributed by atoms with E-state index in [2.05, 4.69) is 178 Å². The smallest absolute Gasteiger partial charge is 0.143 e. The fourth-order valence-corrected chi connectivity index (χ4v) is 9.56. The van der Waals surface area contributed by atoms with Gasteiger partial charge in [-0.2, -0.15) is 0 Å². The lowest BCUT2D eigenvalue weighted by molar-refractivity contribution is 0.660. The first kappa shape index (κ1) is 31.3. The Kier molecular flexibility index (Phi) is 6.40. The Balaban J connectivity index is 1.08. The van der Waals surface area contributed by atoms with Gasteiger partial charge >= 0.3 is 0 Å². The number of furan rings is 1. The van der Waals surface area contributed by atoms with E-state index in [9.17, 15) is 0 Å². The van der Waals surface area contributed by atoms with Crippen LogP contribution in [-0.2, 0) is 5.41 Å². The molecular weight excluding hydrogens is 681 g/mol. The Morgan fingerprint density at radius 1 is 0.411 bits per heavy atom. The highest BCUT2D eigenvalue weighted by atomic mass is 16.3. The number of benzene rings is 9. The number of hydrogen-bond acceptors (Lipinski definition) is 3. The van der Waals surface area contributed by atoms with E-state index < -0.39 is 0 Å². The molecule has 11 aromatic rings. The van der Waals surface area contributed by atoms with Crippen LogP contribution in [0.5, 0.6) is 0 Å². The Morgan fingerprint density at radius 3 is 1.71 bits per heavy atom. The molecule has 0 saturated heterocycles. The fraction of sp³-hybridized carbons (Fsp3) is 0.0566. The van der Waals surface area contributed by atoms with E-state index in [1.807, 2.05) is 6.20 Å². The van der Waals surface area contributed by atoms with E-state index in [0.29, 0.717) is 0 Å². The van der Waals surface area contributed by atoms with Gasteiger partial charge in [-0.25, -0.2) is 4.98 Å². The average Bonchev–Trinajstić information content (AvgIpc) is 3.75. The van der Waals surface area contributed by atoms with Gasteiger partial charge in [-0.05, 0) is 73.1 Å². The summed E-state index contributed by atoms with van der Waals surface area (Å²) in [6, 6.07) is 59.0. The van der Waals surface area contributed by atoms with Crippen molar-refractivity contribution in [3.8, 4) is 44.6 Å². The van der Waals surface area contributed by atoms with Crippen molar-refractivity contribution in [2.24, 2.45) is 0 Å². The summed E-state index contributed by atoms with van der Waals surface area (Å²) >= 11 is 0. The van der Waals surface area contributed by atoms with Gasteiger partial charge in [0.1, 0.15) is 11.2 Å². The van der Waals surface area contributed by atoms with Crippen LogP contribution in [0.2, 0.25) is 0 Å². The lowest BCUT2D eigenvalue weighted by atomic mass is 9.81. The van der Waals surface area contributed by atoms with Crippen molar-refractivity contribution in [1.29, 1.82) is 0 Å². The van der Waals surface area contributed by atoms with Gasteiger partial charge in [0.15, 0.2) is 0 Å². The third-order valence-electron chi connectivity index (χ3n) is 12.3. The second kappa shape index (κ2) is 11.5. The minimum atomic E-state index is -0.0889. The Morgan fingerprint density at radius 2 is 0.964 bits per heavy atom. The maximum absolute atomic E-state index is 7.10. The second-order valence-corrected chi connectivity index (χ2v) is 15.7. The molecule has 0 amide bonds. The average molecular weight is 715 g/mol. The normalized spacial score (nSPS) is 13.3. The molecule has 3 nitrogen and oxygen atoms in total. The Labute approximate surface area is 323 Å². The third-order valence-corrected chi connectivity index (χ3v) is 12.3. The molecule has 0 N–H and O–H groups in total. The first-order valence-electron chi connectivity index (χ1n) is 19.3. The molecule has 1 aliphatic rings. The highest BCUT2D eigenvalue weighted by molar-refractivity contribution is 6.23. The van der Waals surface area contributed by atoms with Crippen molar-refractivity contribution in [3.63, 3.8) is 0 Å². The van der Waals surface area contributed by atoms with Gasteiger partial charge in [-0.15, -0.1) is 0 Å². The minimum Gasteiger partial charge on any atom is -0.455 e. The third kappa shape index (κ3) is 4.34. The predicted octanol–water partition coefficient (Wildman–Crippen LogP) is 14.3. The van der Waals surface area contributed by atoms with E-state index in [1.165, 1.54) is 33.0 Å². The molecule has 0 saturated carbocycles. The van der Waals surface area contributed by atoms with Crippen molar-refractivity contribution in [2.45, 2.75) is 19.3 Å². The topological polar surface area (TPSA) is 38.9 Å². The summed E-state index contributed by atoms with van der Waals surface area (Å²) in [7, 11) is 0. The molecule has 0 unspecified atom stereocenters. The number of hydrogen-bond donors (Lipinski definition) is 0. The van der Waals surface area contributed by atoms with Crippen LogP contribution in [0, 0.1) is 0 Å². The summed E-state index contributed by atoms with van der Waals surface area (Å²) in [6.07, 6.45) is 1.95. The summed E-state index contributed by atoms with van der Waals surface area (Å²) in [6.45, 7) is 4.67. The number of nitrogens with zero attached hydrogens (tertiary/aromatic N) is 2. The first-order valence-corrected chi connectivity index (χ1v) is 19.3. The molecule has 1 aliphatic carbocycles. The van der Waals surface area contributed by atoms with Gasteiger partial charge in [0.2, 0.25) is 0 Å². The molecule has 2 heterocycles. The van der Waals surface area contributed by atoms with Crippen LogP contribution in [0.25, 0.3) is 110 Å². The summed E-state index contributed by atoms with van der Waals surface area (Å²) in [5.41, 5.74) is 15.1. The van der Waals surface area contributed by atoms with Crippen molar-refractivity contribution in [3.05, 3.63) is 181 Å². The molecule has 12 rings (SSSR count). The molecule has 56 heavy (non-hydrogen) atoms. The van der Waals surface area contributed by atoms with Crippen LogP contribution < -0.4 is 0 Å². The molecule has 2 aromatic heterocycles. The van der Waals surface area contributed by atoms with Crippen molar-refractivity contribution < 1.29 is 4.42 Å². The molecule has 3 heteroatoms. The Hall–Kier alpha value is -7.10. The van der Waals surface area contributed by atoms with Gasteiger partial charge in [-0.3, -0.25) is 4.98 Å². The van der Waals surface area contributed by atoms with Gasteiger partial charge in [0.25, 0.3) is 0 Å². The zero-order chi connectivity index (χ0) is 37.1. The Bertz CT molecular complexity index is 3430. The number of rotatable bonds is 3. The summed E-state index contributed by atoms with van der Waals surface area (Å²) < 4.78 is 7.10. The van der Waals surface area contributed by atoms with E-state index in [4.69, 9.17) is 14.4 Å². The molecule has 0 atom stereocenters. The molecule has 262 valence electrons. The minimum absolute atomic E-state index is 0.0889. The van der Waals surface area contributed by atoms with Crippen LogP contribution in [0.3, 0.4) is 0 Å². The predicted molar refractivity (Wildman–Crippen MR) is 233 cm³/mol. The largest absolute Gasteiger partial charge is 0.455 e.